The number of alkyl carbamates (subject to hydrolysis) is 1. The molecule has 0 saturated carbocycles. The Labute approximate surface area is 159 Å². The number of nitrogens with two attached hydrogens (primary N) is 1. The molecule has 1 rings (SSSR count). The maximum atomic E-state index is 11.9. The second kappa shape index (κ2) is 10.0. The maximum absolute atomic E-state index is 11.9. The van der Waals surface area contributed by atoms with E-state index in [0.29, 0.717) is 5.17 Å². The van der Waals surface area contributed by atoms with Crippen LogP contribution in [0.2, 0.25) is 0 Å². The fourth-order valence-electron chi connectivity index (χ4n) is 1.85. The molecular weight excluding hydrogens is 425 g/mol. The first-order valence-corrected chi connectivity index (χ1v) is 8.45. The predicted octanol–water partition coefficient (Wildman–Crippen LogP) is 4.59. The van der Waals surface area contributed by atoms with Crippen LogP contribution in [-0.2, 0) is 4.74 Å². The minimum Gasteiger partial charge on any atom is -0.444 e. The molecule has 1 amide bonds. The van der Waals surface area contributed by atoms with E-state index >= 15 is 0 Å². The number of benzene rings is 1. The molecule has 0 aromatic heterocycles. The van der Waals surface area contributed by atoms with Crippen LogP contribution in [0.3, 0.4) is 0 Å². The monoisotopic (exact) mass is 451 g/mol. The van der Waals surface area contributed by atoms with Crippen LogP contribution in [0.15, 0.2) is 29.3 Å². The van der Waals surface area contributed by atoms with Gasteiger partial charge in [-0.3, -0.25) is 0 Å². The number of amides is 1. The minimum atomic E-state index is -0.513. The van der Waals surface area contributed by atoms with E-state index in [1.807, 2.05) is 58.2 Å². The van der Waals surface area contributed by atoms with Crippen molar-refractivity contribution < 1.29 is 9.53 Å². The lowest BCUT2D eigenvalue weighted by Gasteiger charge is -2.23. The molecule has 0 aliphatic rings. The second-order valence-electron chi connectivity index (χ2n) is 5.86. The van der Waals surface area contributed by atoms with Gasteiger partial charge >= 0.3 is 6.09 Å². The summed E-state index contributed by atoms with van der Waals surface area (Å²) in [5, 5.41) is 3.39. The Morgan fingerprint density at radius 2 is 2.09 bits per heavy atom. The molecule has 1 aromatic carbocycles. The average molecular weight is 451 g/mol. The van der Waals surface area contributed by atoms with Gasteiger partial charge in [0.1, 0.15) is 5.60 Å². The number of hydrogen-bond donors (Lipinski definition) is 2. The number of nitrogens with one attached hydrogen (secondary N) is 1. The summed E-state index contributed by atoms with van der Waals surface area (Å²) in [7, 11) is 0. The van der Waals surface area contributed by atoms with Crippen LogP contribution in [0.5, 0.6) is 0 Å². The third-order valence-electron chi connectivity index (χ3n) is 2.82. The standard InChI is InChI=1S/C16H25N3O2S.HI/c1-6-13(19-15(20)21-16(2,3)4)11-8-7-9-12(10-11)18-14(17)22-5;/h7-10,13H,6H2,1-5H3,(H2,17,18)(H,19,20);1H. The van der Waals surface area contributed by atoms with Crippen molar-refractivity contribution in [1.29, 1.82) is 0 Å². The predicted molar refractivity (Wildman–Crippen MR) is 109 cm³/mol. The first kappa shape index (κ1) is 22.0. The highest BCUT2D eigenvalue weighted by Gasteiger charge is 2.19. The van der Waals surface area contributed by atoms with Crippen LogP contribution in [0.25, 0.3) is 0 Å². The Morgan fingerprint density at radius 1 is 1.43 bits per heavy atom. The van der Waals surface area contributed by atoms with E-state index in [1.54, 1.807) is 0 Å². The van der Waals surface area contributed by atoms with Crippen molar-refractivity contribution in [3.8, 4) is 0 Å². The van der Waals surface area contributed by atoms with Gasteiger partial charge in [-0.25, -0.2) is 9.79 Å². The second-order valence-corrected chi connectivity index (χ2v) is 6.68. The Morgan fingerprint density at radius 3 is 2.61 bits per heavy atom. The number of ether oxygens (including phenoxy) is 1. The van der Waals surface area contributed by atoms with Crippen LogP contribution in [0, 0.1) is 0 Å². The molecule has 5 nitrogen and oxygen atoms in total. The molecule has 0 fully saturated rings. The van der Waals surface area contributed by atoms with Gasteiger partial charge in [0.2, 0.25) is 0 Å². The zero-order chi connectivity index (χ0) is 16.8. The van der Waals surface area contributed by atoms with Gasteiger partial charge in [0, 0.05) is 0 Å². The van der Waals surface area contributed by atoms with Gasteiger partial charge in [0.05, 0.1) is 11.7 Å². The summed E-state index contributed by atoms with van der Waals surface area (Å²) in [5.74, 6) is 0. The van der Waals surface area contributed by atoms with Crippen molar-refractivity contribution in [1.82, 2.24) is 5.32 Å². The van der Waals surface area contributed by atoms with Gasteiger partial charge in [-0.05, 0) is 51.1 Å². The van der Waals surface area contributed by atoms with Crippen LogP contribution in [0.4, 0.5) is 10.5 Å². The van der Waals surface area contributed by atoms with Crippen molar-refractivity contribution in [3.63, 3.8) is 0 Å². The maximum Gasteiger partial charge on any atom is 0.408 e. The molecule has 1 aromatic rings. The number of halogens is 1. The molecule has 7 heteroatoms. The molecule has 1 unspecified atom stereocenters. The molecule has 0 spiro atoms. The summed E-state index contributed by atoms with van der Waals surface area (Å²) in [6.45, 7) is 7.53. The normalized spacial score (nSPS) is 13.0. The Hall–Kier alpha value is -0.960. The highest BCUT2D eigenvalue weighted by molar-refractivity contribution is 14.0. The van der Waals surface area contributed by atoms with Crippen LogP contribution in [-0.4, -0.2) is 23.1 Å². The number of aliphatic imine (C=N–C) groups is 1. The molecule has 0 heterocycles. The highest BCUT2D eigenvalue weighted by atomic mass is 127. The molecule has 23 heavy (non-hydrogen) atoms. The Balaban J connectivity index is 0.00000484. The van der Waals surface area contributed by atoms with Gasteiger partial charge in [-0.1, -0.05) is 30.8 Å². The molecular formula is C16H26IN3O2S. The lowest BCUT2D eigenvalue weighted by Crippen LogP contribution is -2.34. The lowest BCUT2D eigenvalue weighted by molar-refractivity contribution is 0.0502. The minimum absolute atomic E-state index is 0. The molecule has 0 bridgehead atoms. The van der Waals surface area contributed by atoms with Gasteiger partial charge in [-0.15, -0.1) is 24.0 Å². The Kier molecular flexibility index (Phi) is 9.60. The summed E-state index contributed by atoms with van der Waals surface area (Å²) in [6, 6.07) is 7.54. The fraction of sp³-hybridized carbons (Fsp3) is 0.500. The number of thioether (sulfide) groups is 1. The summed E-state index contributed by atoms with van der Waals surface area (Å²) >= 11 is 1.39. The van der Waals surface area contributed by atoms with Crippen LogP contribution >= 0.6 is 35.7 Å². The van der Waals surface area contributed by atoms with E-state index in [0.717, 1.165) is 17.7 Å². The van der Waals surface area contributed by atoms with E-state index in [-0.39, 0.29) is 30.0 Å². The highest BCUT2D eigenvalue weighted by Crippen LogP contribution is 2.23. The topological polar surface area (TPSA) is 76.7 Å². The summed E-state index contributed by atoms with van der Waals surface area (Å²) < 4.78 is 5.30. The van der Waals surface area contributed by atoms with Gasteiger partial charge < -0.3 is 15.8 Å². The van der Waals surface area contributed by atoms with Gasteiger partial charge in [-0.2, -0.15) is 0 Å². The van der Waals surface area contributed by atoms with E-state index in [2.05, 4.69) is 10.3 Å². The molecule has 0 radical (unpaired) electrons. The van der Waals surface area contributed by atoms with E-state index in [9.17, 15) is 4.79 Å². The summed E-state index contributed by atoms with van der Waals surface area (Å²) in [4.78, 5) is 16.2. The zero-order valence-corrected chi connectivity index (χ0v) is 17.4. The van der Waals surface area contributed by atoms with Gasteiger partial charge in [0.15, 0.2) is 5.17 Å². The van der Waals surface area contributed by atoms with Gasteiger partial charge in [0.25, 0.3) is 0 Å². The molecule has 0 saturated heterocycles. The number of nitrogens with zero attached hydrogens (tertiary/aromatic N) is 1. The SMILES string of the molecule is CCC(NC(=O)OC(C)(C)C)c1cccc(N=C(N)SC)c1.I. The number of carbonyl (C=O) groups excluding carboxylic acids is 1. The lowest BCUT2D eigenvalue weighted by atomic mass is 10.0. The largest absolute Gasteiger partial charge is 0.444 e. The van der Waals surface area contributed by atoms with Crippen molar-refractivity contribution in [2.75, 3.05) is 6.26 Å². The molecule has 130 valence electrons. The van der Waals surface area contributed by atoms with E-state index in [1.165, 1.54) is 11.8 Å². The van der Waals surface area contributed by atoms with E-state index in [4.69, 9.17) is 10.5 Å². The average Bonchev–Trinajstić information content (AvgIpc) is 2.43. The number of hydrogen-bond acceptors (Lipinski definition) is 4. The molecule has 1 atom stereocenters. The third-order valence-corrected chi connectivity index (χ3v) is 3.33. The van der Waals surface area contributed by atoms with Crippen molar-refractivity contribution in [3.05, 3.63) is 29.8 Å². The van der Waals surface area contributed by atoms with Crippen molar-refractivity contribution in [2.45, 2.75) is 45.8 Å². The van der Waals surface area contributed by atoms with Crippen molar-refractivity contribution >= 4 is 52.7 Å². The summed E-state index contributed by atoms with van der Waals surface area (Å²) in [6.07, 6.45) is 2.21. The quantitative estimate of drug-likeness (QED) is 0.399. The van der Waals surface area contributed by atoms with Crippen LogP contribution in [0.1, 0.15) is 45.7 Å². The first-order chi connectivity index (χ1) is 10.2. The molecule has 0 aliphatic carbocycles. The van der Waals surface area contributed by atoms with E-state index < -0.39 is 11.7 Å². The fourth-order valence-corrected chi connectivity index (χ4v) is 2.05. The first-order valence-electron chi connectivity index (χ1n) is 7.22. The zero-order valence-electron chi connectivity index (χ0n) is 14.3. The molecule has 3 N–H and O–H groups in total. The smallest absolute Gasteiger partial charge is 0.408 e. The Bertz CT molecular complexity index is 544. The van der Waals surface area contributed by atoms with Crippen LogP contribution < -0.4 is 11.1 Å². The number of rotatable bonds is 4. The number of amidine groups is 1. The van der Waals surface area contributed by atoms with Crippen molar-refractivity contribution in [2.24, 2.45) is 10.7 Å². The third kappa shape index (κ3) is 8.45. The summed E-state index contributed by atoms with van der Waals surface area (Å²) in [5.41, 5.74) is 6.97. The molecule has 0 aliphatic heterocycles. The number of carbonyl (C=O) groups is 1.